The highest BCUT2D eigenvalue weighted by Crippen LogP contribution is 2.18. The van der Waals surface area contributed by atoms with Crippen LogP contribution in [0.25, 0.3) is 0 Å². The third kappa shape index (κ3) is 19.5. The van der Waals surface area contributed by atoms with Crippen molar-refractivity contribution in [2.24, 2.45) is 5.92 Å². The van der Waals surface area contributed by atoms with Gasteiger partial charge in [0.05, 0.1) is 0 Å². The van der Waals surface area contributed by atoms with Crippen LogP contribution in [0.3, 0.4) is 0 Å². The summed E-state index contributed by atoms with van der Waals surface area (Å²) in [7, 11) is 0. The predicted octanol–water partition coefficient (Wildman–Crippen LogP) is 7.93. The molecule has 0 bridgehead atoms. The molecule has 0 saturated heterocycles. The second-order valence-corrected chi connectivity index (χ2v) is 7.13. The summed E-state index contributed by atoms with van der Waals surface area (Å²) >= 11 is 0. The fourth-order valence-electron chi connectivity index (χ4n) is 2.97. The summed E-state index contributed by atoms with van der Waals surface area (Å²) in [6.45, 7) is 10.2. The quantitative estimate of drug-likeness (QED) is 0.200. The van der Waals surface area contributed by atoms with E-state index < -0.39 is 0 Å². The van der Waals surface area contributed by atoms with Gasteiger partial charge in [0, 0.05) is 12.8 Å². The van der Waals surface area contributed by atoms with Gasteiger partial charge in [-0.05, 0) is 18.8 Å². The monoisotopic (exact) mass is 318 g/mol. The van der Waals surface area contributed by atoms with Crippen molar-refractivity contribution in [2.45, 2.75) is 116 Å². The molecule has 0 N–H and O–H groups in total. The van der Waals surface area contributed by atoms with Crippen LogP contribution in [0.1, 0.15) is 116 Å². The van der Waals surface area contributed by atoms with Crippen LogP contribution in [0, 0.1) is 31.6 Å². The molecule has 0 aliphatic heterocycles. The van der Waals surface area contributed by atoms with Gasteiger partial charge in [0.1, 0.15) is 0 Å². The summed E-state index contributed by atoms with van der Waals surface area (Å²) in [4.78, 5) is 0. The van der Waals surface area contributed by atoms with E-state index in [1.807, 2.05) is 0 Å². The molecule has 0 rings (SSSR count). The van der Waals surface area contributed by atoms with Crippen LogP contribution in [0.5, 0.6) is 0 Å². The van der Waals surface area contributed by atoms with Gasteiger partial charge >= 0.3 is 0 Å². The van der Waals surface area contributed by atoms with E-state index in [-0.39, 0.29) is 0 Å². The van der Waals surface area contributed by atoms with Crippen molar-refractivity contribution in [1.29, 1.82) is 0 Å². The Bertz CT molecular complexity index is 267. The first-order valence-electron chi connectivity index (χ1n) is 10.4. The maximum Gasteiger partial charge on any atom is 0.00886 e. The number of rotatable bonds is 16. The van der Waals surface area contributed by atoms with Crippen LogP contribution < -0.4 is 0 Å². The molecule has 1 atom stereocenters. The lowest BCUT2D eigenvalue weighted by molar-refractivity contribution is 0.433. The van der Waals surface area contributed by atoms with Gasteiger partial charge < -0.3 is 0 Å². The third-order valence-electron chi connectivity index (χ3n) is 4.62. The molecule has 0 aliphatic rings. The van der Waals surface area contributed by atoms with Gasteiger partial charge in [-0.15, -0.1) is 11.8 Å². The Morgan fingerprint density at radius 1 is 0.565 bits per heavy atom. The summed E-state index contributed by atoms with van der Waals surface area (Å²) < 4.78 is 0. The van der Waals surface area contributed by atoms with E-state index in [1.54, 1.807) is 0 Å². The minimum Gasteiger partial charge on any atom is -0.103 e. The minimum absolute atomic E-state index is 0.930. The van der Waals surface area contributed by atoms with Gasteiger partial charge in [0.2, 0.25) is 0 Å². The summed E-state index contributed by atoms with van der Waals surface area (Å²) in [6.07, 6.45) is 22.1. The molecule has 23 heavy (non-hydrogen) atoms. The SMILES string of the molecule is [CH2]CCCCC#CCCCCCCCC(C)CCCCCC[CH2]. The van der Waals surface area contributed by atoms with Crippen molar-refractivity contribution in [3.8, 4) is 11.8 Å². The maximum absolute atomic E-state index is 3.91. The van der Waals surface area contributed by atoms with Gasteiger partial charge in [-0.1, -0.05) is 104 Å². The van der Waals surface area contributed by atoms with Gasteiger partial charge in [-0.3, -0.25) is 0 Å². The summed E-state index contributed by atoms with van der Waals surface area (Å²) in [6, 6.07) is 0. The minimum atomic E-state index is 0.930. The van der Waals surface area contributed by atoms with Crippen LogP contribution in [0.2, 0.25) is 0 Å². The van der Waals surface area contributed by atoms with E-state index >= 15 is 0 Å². The summed E-state index contributed by atoms with van der Waals surface area (Å²) in [5.74, 6) is 7.53. The van der Waals surface area contributed by atoms with Crippen molar-refractivity contribution in [2.75, 3.05) is 0 Å². The zero-order valence-electron chi connectivity index (χ0n) is 16.0. The van der Waals surface area contributed by atoms with Crippen LogP contribution in [0.4, 0.5) is 0 Å². The first-order chi connectivity index (χ1) is 11.3. The zero-order valence-corrected chi connectivity index (χ0v) is 16.0. The largest absolute Gasteiger partial charge is 0.103 e. The van der Waals surface area contributed by atoms with Crippen LogP contribution in [-0.2, 0) is 0 Å². The Kier molecular flexibility index (Phi) is 19.2. The molecule has 0 saturated carbocycles. The Morgan fingerprint density at radius 3 is 1.52 bits per heavy atom. The van der Waals surface area contributed by atoms with E-state index in [2.05, 4.69) is 32.6 Å². The second-order valence-electron chi connectivity index (χ2n) is 7.13. The molecule has 0 amide bonds. The molecule has 0 nitrogen and oxygen atoms in total. The smallest absolute Gasteiger partial charge is 0.00886 e. The molecule has 0 spiro atoms. The third-order valence-corrected chi connectivity index (χ3v) is 4.62. The molecule has 0 aliphatic carbocycles. The highest BCUT2D eigenvalue weighted by atomic mass is 14.1. The van der Waals surface area contributed by atoms with Crippen molar-refractivity contribution in [1.82, 2.24) is 0 Å². The fourth-order valence-corrected chi connectivity index (χ4v) is 2.97. The highest BCUT2D eigenvalue weighted by Gasteiger charge is 2.01. The average molecular weight is 319 g/mol. The van der Waals surface area contributed by atoms with Crippen molar-refractivity contribution < 1.29 is 0 Å². The Morgan fingerprint density at radius 2 is 0.957 bits per heavy atom. The van der Waals surface area contributed by atoms with Gasteiger partial charge in [-0.2, -0.15) is 0 Å². The molecular formula is C23H42. The average Bonchev–Trinajstić information content (AvgIpc) is 2.55. The molecule has 0 aromatic rings. The molecule has 0 fully saturated rings. The van der Waals surface area contributed by atoms with Crippen LogP contribution >= 0.6 is 0 Å². The standard InChI is InChI=1S/C23H42/c1-4-6-8-10-11-12-13-14-15-16-18-20-22-23(3)21-19-17-9-7-5-2/h23H,1-2,4-10,13-22H2,3H3. The molecule has 0 heterocycles. The van der Waals surface area contributed by atoms with Gasteiger partial charge in [-0.25, -0.2) is 0 Å². The molecule has 2 radical (unpaired) electrons. The van der Waals surface area contributed by atoms with E-state index in [1.165, 1.54) is 83.5 Å². The lowest BCUT2D eigenvalue weighted by Crippen LogP contribution is -1.95. The molecule has 1 unspecified atom stereocenters. The lowest BCUT2D eigenvalue weighted by Gasteiger charge is -2.10. The number of unbranched alkanes of at least 4 members (excludes halogenated alkanes) is 12. The first-order valence-corrected chi connectivity index (χ1v) is 10.4. The Labute approximate surface area is 148 Å². The van der Waals surface area contributed by atoms with Crippen molar-refractivity contribution >= 4 is 0 Å². The molecule has 0 heteroatoms. The molecule has 0 aromatic heterocycles. The summed E-state index contributed by atoms with van der Waals surface area (Å²) in [5, 5.41) is 0. The van der Waals surface area contributed by atoms with E-state index in [0.29, 0.717) is 0 Å². The topological polar surface area (TPSA) is 0 Å². The maximum atomic E-state index is 3.91. The van der Waals surface area contributed by atoms with Gasteiger partial charge in [0.15, 0.2) is 0 Å². The van der Waals surface area contributed by atoms with E-state index in [9.17, 15) is 0 Å². The molecular weight excluding hydrogens is 276 g/mol. The van der Waals surface area contributed by atoms with Gasteiger partial charge in [0.25, 0.3) is 0 Å². The number of hydrogen-bond donors (Lipinski definition) is 0. The summed E-state index contributed by atoms with van der Waals surface area (Å²) in [5.41, 5.74) is 0. The fraction of sp³-hybridized carbons (Fsp3) is 0.826. The first kappa shape index (κ1) is 22.6. The lowest BCUT2D eigenvalue weighted by atomic mass is 9.96. The Balaban J connectivity index is 3.19. The van der Waals surface area contributed by atoms with Crippen LogP contribution in [0.15, 0.2) is 0 Å². The van der Waals surface area contributed by atoms with E-state index in [0.717, 1.165) is 31.6 Å². The van der Waals surface area contributed by atoms with Crippen molar-refractivity contribution in [3.63, 3.8) is 0 Å². The normalized spacial score (nSPS) is 12.0. The Hall–Kier alpha value is -0.440. The number of hydrogen-bond acceptors (Lipinski definition) is 0. The molecule has 0 aromatic carbocycles. The van der Waals surface area contributed by atoms with Crippen molar-refractivity contribution in [3.05, 3.63) is 13.8 Å². The predicted molar refractivity (Wildman–Crippen MR) is 106 cm³/mol. The van der Waals surface area contributed by atoms with Crippen LogP contribution in [-0.4, -0.2) is 0 Å². The second kappa shape index (κ2) is 19.6. The molecule has 134 valence electrons. The zero-order chi connectivity index (χ0) is 17.0. The highest BCUT2D eigenvalue weighted by molar-refractivity contribution is 4.98. The van der Waals surface area contributed by atoms with E-state index in [4.69, 9.17) is 0 Å².